The summed E-state index contributed by atoms with van der Waals surface area (Å²) < 4.78 is 0. The Hall–Kier alpha value is -1.23. The molecule has 0 aromatic carbocycles. The second-order valence-corrected chi connectivity index (χ2v) is 5.06. The molecule has 4 heteroatoms. The van der Waals surface area contributed by atoms with Crippen molar-refractivity contribution in [3.05, 3.63) is 52.5 Å². The summed E-state index contributed by atoms with van der Waals surface area (Å²) in [5.74, 6) is 0. The molecule has 2 N–H and O–H groups in total. The van der Waals surface area contributed by atoms with Crippen molar-refractivity contribution in [1.29, 1.82) is 0 Å². The van der Waals surface area contributed by atoms with Crippen molar-refractivity contribution in [2.45, 2.75) is 12.6 Å². The molecule has 90 valence electrons. The van der Waals surface area contributed by atoms with Crippen molar-refractivity contribution in [2.75, 3.05) is 13.6 Å². The molecule has 1 atom stereocenters. The fourth-order valence-corrected chi connectivity index (χ4v) is 2.67. The van der Waals surface area contributed by atoms with E-state index in [1.807, 2.05) is 12.3 Å². The van der Waals surface area contributed by atoms with Gasteiger partial charge in [0.25, 0.3) is 0 Å². The van der Waals surface area contributed by atoms with Gasteiger partial charge >= 0.3 is 0 Å². The van der Waals surface area contributed by atoms with Crippen LogP contribution in [0, 0.1) is 0 Å². The molecule has 0 amide bonds. The van der Waals surface area contributed by atoms with Gasteiger partial charge in [-0.1, -0.05) is 12.1 Å². The van der Waals surface area contributed by atoms with Gasteiger partial charge in [0.15, 0.2) is 0 Å². The number of aromatic nitrogens is 1. The van der Waals surface area contributed by atoms with Crippen LogP contribution in [0.15, 0.2) is 42.0 Å². The molecule has 0 bridgehead atoms. The minimum absolute atomic E-state index is 0.228. The minimum Gasteiger partial charge on any atom is -0.329 e. The van der Waals surface area contributed by atoms with Crippen LogP contribution in [0.25, 0.3) is 0 Å². The van der Waals surface area contributed by atoms with Crippen molar-refractivity contribution in [2.24, 2.45) is 5.73 Å². The molecule has 0 aliphatic heterocycles. The summed E-state index contributed by atoms with van der Waals surface area (Å²) >= 11 is 1.78. The summed E-state index contributed by atoms with van der Waals surface area (Å²) in [5.41, 5.74) is 7.04. The molecule has 17 heavy (non-hydrogen) atoms. The number of nitrogens with zero attached hydrogens (tertiary/aromatic N) is 2. The monoisotopic (exact) mass is 247 g/mol. The predicted octanol–water partition coefficient (Wildman–Crippen LogP) is 2.27. The highest BCUT2D eigenvalue weighted by atomic mass is 32.1. The second kappa shape index (κ2) is 5.91. The van der Waals surface area contributed by atoms with Crippen molar-refractivity contribution < 1.29 is 0 Å². The van der Waals surface area contributed by atoms with Gasteiger partial charge in [-0.05, 0) is 30.1 Å². The highest BCUT2D eigenvalue weighted by Crippen LogP contribution is 2.20. The average molecular weight is 247 g/mol. The quantitative estimate of drug-likeness (QED) is 0.881. The van der Waals surface area contributed by atoms with Crippen molar-refractivity contribution in [3.63, 3.8) is 0 Å². The maximum atomic E-state index is 5.87. The number of pyridine rings is 1. The lowest BCUT2D eigenvalue weighted by molar-refractivity contribution is 0.243. The Morgan fingerprint density at radius 3 is 2.88 bits per heavy atom. The Balaban J connectivity index is 2.08. The van der Waals surface area contributed by atoms with Gasteiger partial charge in [0.05, 0.1) is 0 Å². The molecular weight excluding hydrogens is 230 g/mol. The van der Waals surface area contributed by atoms with Crippen LogP contribution in [0.4, 0.5) is 0 Å². The summed E-state index contributed by atoms with van der Waals surface area (Å²) in [4.78, 5) is 7.78. The van der Waals surface area contributed by atoms with Crippen LogP contribution < -0.4 is 5.73 Å². The molecule has 1 unspecified atom stereocenters. The smallest absolute Gasteiger partial charge is 0.0486 e. The van der Waals surface area contributed by atoms with Gasteiger partial charge in [-0.2, -0.15) is 0 Å². The highest BCUT2D eigenvalue weighted by molar-refractivity contribution is 7.09. The number of hydrogen-bond acceptors (Lipinski definition) is 4. The van der Waals surface area contributed by atoms with E-state index in [1.165, 1.54) is 10.4 Å². The predicted molar refractivity (Wildman–Crippen MR) is 71.8 cm³/mol. The Morgan fingerprint density at radius 2 is 2.29 bits per heavy atom. The third kappa shape index (κ3) is 3.12. The number of rotatable bonds is 5. The van der Waals surface area contributed by atoms with E-state index in [2.05, 4.69) is 40.5 Å². The first-order valence-electron chi connectivity index (χ1n) is 5.64. The van der Waals surface area contributed by atoms with Gasteiger partial charge in [-0.15, -0.1) is 11.3 Å². The minimum atomic E-state index is 0.228. The van der Waals surface area contributed by atoms with E-state index in [1.54, 1.807) is 17.5 Å². The molecule has 0 saturated heterocycles. The molecule has 0 aliphatic rings. The van der Waals surface area contributed by atoms with Crippen LogP contribution in [0.2, 0.25) is 0 Å². The molecule has 0 aliphatic carbocycles. The zero-order chi connectivity index (χ0) is 12.1. The lowest BCUT2D eigenvalue weighted by Crippen LogP contribution is -2.30. The third-order valence-electron chi connectivity index (χ3n) is 2.81. The van der Waals surface area contributed by atoms with Gasteiger partial charge in [0.1, 0.15) is 0 Å². The Bertz CT molecular complexity index is 427. The highest BCUT2D eigenvalue weighted by Gasteiger charge is 2.15. The maximum absolute atomic E-state index is 5.87. The van der Waals surface area contributed by atoms with Crippen LogP contribution in [0.1, 0.15) is 16.5 Å². The number of thiophene rings is 1. The van der Waals surface area contributed by atoms with E-state index in [0.717, 1.165) is 6.54 Å². The van der Waals surface area contributed by atoms with Gasteiger partial charge in [0.2, 0.25) is 0 Å². The Kier molecular flexibility index (Phi) is 4.25. The average Bonchev–Trinajstić information content (AvgIpc) is 2.84. The molecule has 0 saturated carbocycles. The SMILES string of the molecule is CN(Cc1cccs1)C(CN)c1cccnc1. The van der Waals surface area contributed by atoms with Crippen LogP contribution in [0.3, 0.4) is 0 Å². The topological polar surface area (TPSA) is 42.1 Å². The fraction of sp³-hybridized carbons (Fsp3) is 0.308. The molecule has 2 aromatic rings. The normalized spacial score (nSPS) is 12.9. The first-order valence-corrected chi connectivity index (χ1v) is 6.52. The molecule has 2 aromatic heterocycles. The van der Waals surface area contributed by atoms with Crippen LogP contribution >= 0.6 is 11.3 Å². The Labute approximate surface area is 106 Å². The van der Waals surface area contributed by atoms with Crippen molar-refractivity contribution in [1.82, 2.24) is 9.88 Å². The summed E-state index contributed by atoms with van der Waals surface area (Å²) in [6, 6.07) is 8.49. The van der Waals surface area contributed by atoms with E-state index in [0.29, 0.717) is 6.54 Å². The first kappa shape index (κ1) is 12.2. The van der Waals surface area contributed by atoms with Gasteiger partial charge < -0.3 is 5.73 Å². The zero-order valence-corrected chi connectivity index (χ0v) is 10.7. The molecule has 2 rings (SSSR count). The number of nitrogens with two attached hydrogens (primary N) is 1. The van der Waals surface area contributed by atoms with E-state index < -0.39 is 0 Å². The van der Waals surface area contributed by atoms with Gasteiger partial charge in [-0.25, -0.2) is 0 Å². The molecular formula is C13H17N3S. The van der Waals surface area contributed by atoms with E-state index in [9.17, 15) is 0 Å². The zero-order valence-electron chi connectivity index (χ0n) is 9.91. The lowest BCUT2D eigenvalue weighted by Gasteiger charge is -2.26. The summed E-state index contributed by atoms with van der Waals surface area (Å²) in [6.07, 6.45) is 3.68. The van der Waals surface area contributed by atoms with Crippen LogP contribution in [-0.2, 0) is 6.54 Å². The third-order valence-corrected chi connectivity index (χ3v) is 3.67. The summed E-state index contributed by atoms with van der Waals surface area (Å²) in [7, 11) is 2.10. The van der Waals surface area contributed by atoms with E-state index in [4.69, 9.17) is 5.73 Å². The van der Waals surface area contributed by atoms with Crippen LogP contribution in [0.5, 0.6) is 0 Å². The molecule has 3 nitrogen and oxygen atoms in total. The van der Waals surface area contributed by atoms with E-state index >= 15 is 0 Å². The largest absolute Gasteiger partial charge is 0.329 e. The van der Waals surface area contributed by atoms with Gasteiger partial charge in [0, 0.05) is 36.4 Å². The maximum Gasteiger partial charge on any atom is 0.0486 e. The lowest BCUT2D eigenvalue weighted by atomic mass is 10.1. The first-order chi connectivity index (χ1) is 8.31. The van der Waals surface area contributed by atoms with Crippen molar-refractivity contribution >= 4 is 11.3 Å². The van der Waals surface area contributed by atoms with Gasteiger partial charge in [-0.3, -0.25) is 9.88 Å². The Morgan fingerprint density at radius 1 is 1.41 bits per heavy atom. The summed E-state index contributed by atoms with van der Waals surface area (Å²) in [5, 5.41) is 2.10. The fourth-order valence-electron chi connectivity index (χ4n) is 1.90. The standard InChI is InChI=1S/C13H17N3S/c1-16(10-12-5-3-7-17-12)13(8-14)11-4-2-6-15-9-11/h2-7,9,13H,8,10,14H2,1H3. The summed E-state index contributed by atoms with van der Waals surface area (Å²) in [6.45, 7) is 1.53. The number of hydrogen-bond donors (Lipinski definition) is 1. The van der Waals surface area contributed by atoms with Crippen LogP contribution in [-0.4, -0.2) is 23.5 Å². The number of likely N-dealkylation sites (N-methyl/N-ethyl adjacent to an activating group) is 1. The van der Waals surface area contributed by atoms with Crippen molar-refractivity contribution in [3.8, 4) is 0 Å². The molecule has 0 spiro atoms. The molecule has 2 heterocycles. The van der Waals surface area contributed by atoms with E-state index in [-0.39, 0.29) is 6.04 Å². The second-order valence-electron chi connectivity index (χ2n) is 4.03. The molecule has 0 fully saturated rings. The molecule has 0 radical (unpaired) electrons.